The summed E-state index contributed by atoms with van der Waals surface area (Å²) in [6.07, 6.45) is -0.702. The third-order valence-corrected chi connectivity index (χ3v) is 4.89. The van der Waals surface area contributed by atoms with Crippen LogP contribution >= 0.6 is 0 Å². The van der Waals surface area contributed by atoms with Gasteiger partial charge in [0, 0.05) is 11.0 Å². The lowest BCUT2D eigenvalue weighted by Gasteiger charge is -2.26. The van der Waals surface area contributed by atoms with Crippen LogP contribution in [0.4, 0.5) is 9.18 Å². The molecule has 2 N–H and O–H groups in total. The Morgan fingerprint density at radius 2 is 2.04 bits per heavy atom. The van der Waals surface area contributed by atoms with Gasteiger partial charge in [0.1, 0.15) is 17.7 Å². The molecule has 0 fully saturated rings. The van der Waals surface area contributed by atoms with E-state index in [2.05, 4.69) is 0 Å². The molecule has 3 rings (SSSR count). The van der Waals surface area contributed by atoms with Crippen molar-refractivity contribution in [2.24, 2.45) is 11.1 Å². The number of hydrogen-bond acceptors (Lipinski definition) is 3. The number of hydrogen-bond donors (Lipinski definition) is 1. The first-order chi connectivity index (χ1) is 12.2. The van der Waals surface area contributed by atoms with Gasteiger partial charge in [-0.1, -0.05) is 19.9 Å². The molecular formula is C21H24FNO3. The number of primary amides is 1. The summed E-state index contributed by atoms with van der Waals surface area (Å²) in [5.41, 5.74) is 8.82. The van der Waals surface area contributed by atoms with E-state index in [9.17, 15) is 9.18 Å². The molecule has 0 spiro atoms. The van der Waals surface area contributed by atoms with Gasteiger partial charge in [-0.25, -0.2) is 9.18 Å². The van der Waals surface area contributed by atoms with E-state index in [4.69, 9.17) is 15.2 Å². The fourth-order valence-electron chi connectivity index (χ4n) is 3.73. The predicted octanol–water partition coefficient (Wildman–Crippen LogP) is 4.92. The minimum atomic E-state index is -0.845. The molecule has 0 unspecified atom stereocenters. The second-order valence-electron chi connectivity index (χ2n) is 7.43. The zero-order valence-corrected chi connectivity index (χ0v) is 15.6. The summed E-state index contributed by atoms with van der Waals surface area (Å²) < 4.78 is 25.7. The maximum Gasteiger partial charge on any atom is 0.405 e. The first-order valence-corrected chi connectivity index (χ1v) is 8.75. The van der Waals surface area contributed by atoms with Gasteiger partial charge < -0.3 is 15.2 Å². The largest absolute Gasteiger partial charge is 0.494 e. The lowest BCUT2D eigenvalue weighted by molar-refractivity contribution is 0.0391. The van der Waals surface area contributed by atoms with Crippen LogP contribution in [-0.2, 0) is 11.2 Å². The van der Waals surface area contributed by atoms with E-state index in [1.165, 1.54) is 6.07 Å². The number of rotatable bonds is 4. The Balaban J connectivity index is 2.03. The highest BCUT2D eigenvalue weighted by molar-refractivity contribution is 5.69. The van der Waals surface area contributed by atoms with Crippen LogP contribution in [0.3, 0.4) is 0 Å². The number of carbonyl (C=O) groups excluding carboxylic acids is 1. The fraction of sp³-hybridized carbons (Fsp3) is 0.381. The summed E-state index contributed by atoms with van der Waals surface area (Å²) in [5, 5.41) is 0. The lowest BCUT2D eigenvalue weighted by Crippen LogP contribution is -2.25. The van der Waals surface area contributed by atoms with Crippen LogP contribution in [-0.4, -0.2) is 12.7 Å². The van der Waals surface area contributed by atoms with Crippen molar-refractivity contribution in [3.63, 3.8) is 0 Å². The maximum atomic E-state index is 14.9. The van der Waals surface area contributed by atoms with E-state index in [0.717, 1.165) is 22.4 Å². The van der Waals surface area contributed by atoms with Gasteiger partial charge in [0.15, 0.2) is 0 Å². The molecule has 138 valence electrons. The second kappa shape index (κ2) is 6.63. The zero-order chi connectivity index (χ0) is 19.1. The molecule has 5 heteroatoms. The van der Waals surface area contributed by atoms with Crippen LogP contribution in [0.5, 0.6) is 5.75 Å². The van der Waals surface area contributed by atoms with Gasteiger partial charge in [-0.05, 0) is 66.8 Å². The first kappa shape index (κ1) is 18.2. The molecule has 26 heavy (non-hydrogen) atoms. The van der Waals surface area contributed by atoms with E-state index >= 15 is 0 Å². The number of carbonyl (C=O) groups is 1. The summed E-state index contributed by atoms with van der Waals surface area (Å²) in [4.78, 5) is 11.2. The van der Waals surface area contributed by atoms with Crippen molar-refractivity contribution in [1.82, 2.24) is 0 Å². The standard InChI is InChI=1S/C21H24FNO3/c1-5-25-18-7-6-13(8-12(18)2)15-9-14-11-21(3,4)19(26-20(23)24)16(14)10-17(15)22/h6-10,19H,5,11H2,1-4H3,(H2,23,24)/t19-/m0/s1. The van der Waals surface area contributed by atoms with Crippen LogP contribution in [0.25, 0.3) is 11.1 Å². The third kappa shape index (κ3) is 3.26. The predicted molar refractivity (Wildman–Crippen MR) is 98.6 cm³/mol. The molecule has 0 bridgehead atoms. The van der Waals surface area contributed by atoms with Crippen LogP contribution in [0, 0.1) is 18.2 Å². The number of amides is 1. The van der Waals surface area contributed by atoms with Crippen molar-refractivity contribution in [1.29, 1.82) is 0 Å². The van der Waals surface area contributed by atoms with Gasteiger partial charge in [-0.15, -0.1) is 0 Å². The zero-order valence-electron chi connectivity index (χ0n) is 15.6. The number of aryl methyl sites for hydroxylation is 1. The highest BCUT2D eigenvalue weighted by Crippen LogP contribution is 2.49. The molecule has 4 nitrogen and oxygen atoms in total. The minimum absolute atomic E-state index is 0.336. The smallest absolute Gasteiger partial charge is 0.405 e. The molecule has 0 aromatic heterocycles. The number of halogens is 1. The maximum absolute atomic E-state index is 14.9. The third-order valence-electron chi connectivity index (χ3n) is 4.89. The molecule has 1 amide bonds. The van der Waals surface area contributed by atoms with Gasteiger partial charge in [-0.3, -0.25) is 0 Å². The molecule has 1 aliphatic carbocycles. The Hall–Kier alpha value is -2.56. The monoisotopic (exact) mass is 357 g/mol. The molecular weight excluding hydrogens is 333 g/mol. The molecule has 2 aromatic carbocycles. The van der Waals surface area contributed by atoms with Gasteiger partial charge in [0.25, 0.3) is 0 Å². The van der Waals surface area contributed by atoms with Gasteiger partial charge in [0.05, 0.1) is 6.61 Å². The summed E-state index contributed by atoms with van der Waals surface area (Å²) >= 11 is 0. The summed E-state index contributed by atoms with van der Waals surface area (Å²) in [7, 11) is 0. The number of fused-ring (bicyclic) bond motifs is 1. The Bertz CT molecular complexity index is 861. The summed E-state index contributed by atoms with van der Waals surface area (Å²) in [5.74, 6) is 0.456. The van der Waals surface area contributed by atoms with Crippen molar-refractivity contribution in [3.05, 3.63) is 52.8 Å². The Labute approximate surface area is 153 Å². The molecule has 0 saturated heterocycles. The van der Waals surface area contributed by atoms with Crippen molar-refractivity contribution in [2.45, 2.75) is 40.2 Å². The molecule has 0 saturated carbocycles. The van der Waals surface area contributed by atoms with Crippen molar-refractivity contribution < 1.29 is 18.7 Å². The topological polar surface area (TPSA) is 61.6 Å². The van der Waals surface area contributed by atoms with Crippen molar-refractivity contribution >= 4 is 6.09 Å². The normalized spacial score (nSPS) is 17.7. The first-order valence-electron chi connectivity index (χ1n) is 8.75. The molecule has 1 atom stereocenters. The van der Waals surface area contributed by atoms with E-state index in [1.54, 1.807) is 0 Å². The van der Waals surface area contributed by atoms with Gasteiger partial charge >= 0.3 is 6.09 Å². The highest BCUT2D eigenvalue weighted by Gasteiger charge is 2.42. The van der Waals surface area contributed by atoms with Crippen molar-refractivity contribution in [3.8, 4) is 16.9 Å². The molecule has 0 radical (unpaired) electrons. The number of nitrogens with two attached hydrogens (primary N) is 1. The Morgan fingerprint density at radius 1 is 1.31 bits per heavy atom. The second-order valence-corrected chi connectivity index (χ2v) is 7.43. The van der Waals surface area contributed by atoms with E-state index in [1.807, 2.05) is 52.0 Å². The highest BCUT2D eigenvalue weighted by atomic mass is 19.1. The van der Waals surface area contributed by atoms with Gasteiger partial charge in [0.2, 0.25) is 0 Å². The quantitative estimate of drug-likeness (QED) is 0.845. The molecule has 0 aliphatic heterocycles. The minimum Gasteiger partial charge on any atom is -0.494 e. The van der Waals surface area contributed by atoms with E-state index in [0.29, 0.717) is 24.2 Å². The van der Waals surface area contributed by atoms with Crippen LogP contribution < -0.4 is 10.5 Å². The van der Waals surface area contributed by atoms with Crippen molar-refractivity contribution in [2.75, 3.05) is 6.61 Å². The van der Waals surface area contributed by atoms with Gasteiger partial charge in [-0.2, -0.15) is 0 Å². The average molecular weight is 357 g/mol. The lowest BCUT2D eigenvalue weighted by atomic mass is 9.87. The average Bonchev–Trinajstić information content (AvgIpc) is 2.78. The molecule has 1 aliphatic rings. The van der Waals surface area contributed by atoms with Crippen LogP contribution in [0.15, 0.2) is 30.3 Å². The van der Waals surface area contributed by atoms with Crippen LogP contribution in [0.1, 0.15) is 43.6 Å². The number of ether oxygens (including phenoxy) is 2. The Morgan fingerprint density at radius 3 is 2.65 bits per heavy atom. The molecule has 2 aromatic rings. The summed E-state index contributed by atoms with van der Waals surface area (Å²) in [6.45, 7) is 8.43. The SMILES string of the molecule is CCOc1ccc(-c2cc3c(cc2F)[C@H](OC(N)=O)C(C)(C)C3)cc1C. The summed E-state index contributed by atoms with van der Waals surface area (Å²) in [6, 6.07) is 8.97. The Kier molecular flexibility index (Phi) is 4.65. The molecule has 0 heterocycles. The number of benzene rings is 2. The van der Waals surface area contributed by atoms with Crippen LogP contribution in [0.2, 0.25) is 0 Å². The fourth-order valence-corrected chi connectivity index (χ4v) is 3.73. The van der Waals surface area contributed by atoms with E-state index < -0.39 is 12.2 Å². The van der Waals surface area contributed by atoms with E-state index in [-0.39, 0.29) is 11.2 Å².